The van der Waals surface area contributed by atoms with Crippen molar-refractivity contribution in [1.29, 1.82) is 0 Å². The molecule has 0 spiro atoms. The van der Waals surface area contributed by atoms with Gasteiger partial charge in [0.2, 0.25) is 11.8 Å². The fourth-order valence-electron chi connectivity index (χ4n) is 2.11. The van der Waals surface area contributed by atoms with Crippen LogP contribution in [0.1, 0.15) is 24.5 Å². The Labute approximate surface area is 133 Å². The smallest absolute Gasteiger partial charge is 0.239 e. The van der Waals surface area contributed by atoms with E-state index in [1.165, 1.54) is 16.0 Å². The molecule has 1 rings (SSSR count). The monoisotopic (exact) mass is 305 g/mol. The summed E-state index contributed by atoms with van der Waals surface area (Å²) in [5.41, 5.74) is 2.43. The number of carbonyl (C=O) groups excluding carboxylic acids is 2. The zero-order valence-corrected chi connectivity index (χ0v) is 14.1. The second-order valence-corrected chi connectivity index (χ2v) is 5.70. The lowest BCUT2D eigenvalue weighted by Crippen LogP contribution is -2.42. The Bertz CT molecular complexity index is 502. The molecule has 0 fully saturated rings. The predicted molar refractivity (Wildman–Crippen MR) is 88.5 cm³/mol. The lowest BCUT2D eigenvalue weighted by Gasteiger charge is -2.22. The van der Waals surface area contributed by atoms with E-state index >= 15 is 0 Å². The summed E-state index contributed by atoms with van der Waals surface area (Å²) >= 11 is 0. The van der Waals surface area contributed by atoms with Gasteiger partial charge in [-0.3, -0.25) is 14.5 Å². The third-order valence-corrected chi connectivity index (χ3v) is 3.49. The van der Waals surface area contributed by atoms with Gasteiger partial charge in [-0.25, -0.2) is 0 Å². The number of hydrogen-bond acceptors (Lipinski definition) is 3. The van der Waals surface area contributed by atoms with Gasteiger partial charge < -0.3 is 10.2 Å². The van der Waals surface area contributed by atoms with E-state index in [0.717, 1.165) is 6.42 Å². The summed E-state index contributed by atoms with van der Waals surface area (Å²) in [6.45, 7) is 5.83. The molecule has 2 amide bonds. The van der Waals surface area contributed by atoms with Gasteiger partial charge in [0.15, 0.2) is 0 Å². The standard InChI is InChI=1S/C17H27N3O2/c1-5-10-18-16(21)12-20(4)17(22)13-19(3)11-15-9-7-6-8-14(15)2/h6-9H,5,10-13H2,1-4H3,(H,18,21). The Morgan fingerprint density at radius 2 is 1.82 bits per heavy atom. The number of nitrogens with one attached hydrogen (secondary N) is 1. The van der Waals surface area contributed by atoms with E-state index in [-0.39, 0.29) is 18.4 Å². The van der Waals surface area contributed by atoms with E-state index in [0.29, 0.717) is 19.6 Å². The molecule has 0 aromatic heterocycles. The molecular weight excluding hydrogens is 278 g/mol. The van der Waals surface area contributed by atoms with Crippen molar-refractivity contribution in [3.8, 4) is 0 Å². The Hall–Kier alpha value is -1.88. The lowest BCUT2D eigenvalue weighted by atomic mass is 10.1. The average molecular weight is 305 g/mol. The van der Waals surface area contributed by atoms with Gasteiger partial charge in [-0.05, 0) is 31.5 Å². The van der Waals surface area contributed by atoms with Gasteiger partial charge >= 0.3 is 0 Å². The zero-order chi connectivity index (χ0) is 16.5. The van der Waals surface area contributed by atoms with Gasteiger partial charge in [-0.2, -0.15) is 0 Å². The lowest BCUT2D eigenvalue weighted by molar-refractivity contribution is -0.135. The number of aryl methyl sites for hydroxylation is 1. The molecule has 1 aromatic carbocycles. The number of likely N-dealkylation sites (N-methyl/N-ethyl adjacent to an activating group) is 2. The molecule has 122 valence electrons. The topological polar surface area (TPSA) is 52.7 Å². The minimum Gasteiger partial charge on any atom is -0.355 e. The Morgan fingerprint density at radius 3 is 2.45 bits per heavy atom. The van der Waals surface area contributed by atoms with E-state index in [9.17, 15) is 9.59 Å². The second-order valence-electron chi connectivity index (χ2n) is 5.70. The second kappa shape index (κ2) is 9.20. The Balaban J connectivity index is 2.43. The highest BCUT2D eigenvalue weighted by molar-refractivity contribution is 5.85. The summed E-state index contributed by atoms with van der Waals surface area (Å²) in [5, 5.41) is 2.77. The minimum atomic E-state index is -0.112. The molecule has 5 heteroatoms. The molecule has 0 heterocycles. The maximum absolute atomic E-state index is 12.1. The summed E-state index contributed by atoms with van der Waals surface area (Å²) in [5.74, 6) is -0.165. The van der Waals surface area contributed by atoms with Gasteiger partial charge in [-0.1, -0.05) is 31.2 Å². The van der Waals surface area contributed by atoms with Crippen molar-refractivity contribution in [3.63, 3.8) is 0 Å². The van der Waals surface area contributed by atoms with Crippen LogP contribution in [-0.2, 0) is 16.1 Å². The molecule has 5 nitrogen and oxygen atoms in total. The maximum atomic E-state index is 12.1. The normalized spacial score (nSPS) is 10.6. The van der Waals surface area contributed by atoms with Gasteiger partial charge in [0.05, 0.1) is 13.1 Å². The van der Waals surface area contributed by atoms with Crippen molar-refractivity contribution in [2.45, 2.75) is 26.8 Å². The van der Waals surface area contributed by atoms with E-state index in [4.69, 9.17) is 0 Å². The molecule has 1 aromatic rings. The van der Waals surface area contributed by atoms with Gasteiger partial charge in [0.1, 0.15) is 0 Å². The molecule has 0 aliphatic heterocycles. The van der Waals surface area contributed by atoms with E-state index in [1.54, 1.807) is 7.05 Å². The highest BCUT2D eigenvalue weighted by Crippen LogP contribution is 2.09. The molecule has 0 saturated carbocycles. The largest absolute Gasteiger partial charge is 0.355 e. The molecule has 0 saturated heterocycles. The van der Waals surface area contributed by atoms with Crippen LogP contribution < -0.4 is 5.32 Å². The molecule has 0 atom stereocenters. The third kappa shape index (κ3) is 6.26. The fourth-order valence-corrected chi connectivity index (χ4v) is 2.11. The van der Waals surface area contributed by atoms with Crippen LogP contribution in [0.25, 0.3) is 0 Å². The van der Waals surface area contributed by atoms with E-state index in [1.807, 2.05) is 31.0 Å². The summed E-state index contributed by atoms with van der Waals surface area (Å²) in [4.78, 5) is 27.2. The van der Waals surface area contributed by atoms with E-state index in [2.05, 4.69) is 24.4 Å². The summed E-state index contributed by atoms with van der Waals surface area (Å²) < 4.78 is 0. The van der Waals surface area contributed by atoms with Crippen molar-refractivity contribution in [2.24, 2.45) is 0 Å². The molecule has 0 unspecified atom stereocenters. The predicted octanol–water partition coefficient (Wildman–Crippen LogP) is 1.41. The number of amides is 2. The minimum absolute atomic E-state index is 0.0530. The Kier molecular flexibility index (Phi) is 7.60. The SMILES string of the molecule is CCCNC(=O)CN(C)C(=O)CN(C)Cc1ccccc1C. The number of hydrogen-bond donors (Lipinski definition) is 1. The first kappa shape index (κ1) is 18.2. The van der Waals surface area contributed by atoms with Crippen LogP contribution in [-0.4, -0.2) is 55.3 Å². The first-order valence-electron chi connectivity index (χ1n) is 7.67. The van der Waals surface area contributed by atoms with Crippen LogP contribution in [0.2, 0.25) is 0 Å². The molecule has 1 N–H and O–H groups in total. The number of benzene rings is 1. The van der Waals surface area contributed by atoms with Crippen molar-refractivity contribution >= 4 is 11.8 Å². The molecule has 0 aliphatic carbocycles. The van der Waals surface area contributed by atoms with Crippen LogP contribution in [0.4, 0.5) is 0 Å². The van der Waals surface area contributed by atoms with Crippen molar-refractivity contribution < 1.29 is 9.59 Å². The van der Waals surface area contributed by atoms with Gasteiger partial charge in [-0.15, -0.1) is 0 Å². The van der Waals surface area contributed by atoms with Crippen molar-refractivity contribution in [3.05, 3.63) is 35.4 Å². The summed E-state index contributed by atoms with van der Waals surface area (Å²) in [6.07, 6.45) is 0.891. The van der Waals surface area contributed by atoms with Crippen LogP contribution in [0.3, 0.4) is 0 Å². The fraction of sp³-hybridized carbons (Fsp3) is 0.529. The number of carbonyl (C=O) groups is 2. The quantitative estimate of drug-likeness (QED) is 0.790. The van der Waals surface area contributed by atoms with Crippen LogP contribution in [0.5, 0.6) is 0 Å². The van der Waals surface area contributed by atoms with Gasteiger partial charge in [0.25, 0.3) is 0 Å². The first-order valence-corrected chi connectivity index (χ1v) is 7.67. The highest BCUT2D eigenvalue weighted by atomic mass is 16.2. The third-order valence-electron chi connectivity index (χ3n) is 3.49. The van der Waals surface area contributed by atoms with Gasteiger partial charge in [0, 0.05) is 20.1 Å². The molecule has 22 heavy (non-hydrogen) atoms. The highest BCUT2D eigenvalue weighted by Gasteiger charge is 2.15. The maximum Gasteiger partial charge on any atom is 0.239 e. The summed E-state index contributed by atoms with van der Waals surface area (Å²) in [6, 6.07) is 8.14. The molecule has 0 radical (unpaired) electrons. The Morgan fingerprint density at radius 1 is 1.14 bits per heavy atom. The van der Waals surface area contributed by atoms with E-state index < -0.39 is 0 Å². The molecular formula is C17H27N3O2. The van der Waals surface area contributed by atoms with Crippen LogP contribution >= 0.6 is 0 Å². The number of nitrogens with zero attached hydrogens (tertiary/aromatic N) is 2. The average Bonchev–Trinajstić information content (AvgIpc) is 2.47. The van der Waals surface area contributed by atoms with Crippen molar-refractivity contribution in [1.82, 2.24) is 15.1 Å². The zero-order valence-electron chi connectivity index (χ0n) is 14.1. The van der Waals surface area contributed by atoms with Crippen molar-refractivity contribution in [2.75, 3.05) is 33.7 Å². The van der Waals surface area contributed by atoms with Crippen LogP contribution in [0, 0.1) is 6.92 Å². The first-order chi connectivity index (χ1) is 10.4. The molecule has 0 aliphatic rings. The number of rotatable bonds is 8. The summed E-state index contributed by atoms with van der Waals surface area (Å²) in [7, 11) is 3.57. The van der Waals surface area contributed by atoms with Crippen LogP contribution in [0.15, 0.2) is 24.3 Å². The molecule has 0 bridgehead atoms.